The molecule has 0 radical (unpaired) electrons. The van der Waals surface area contributed by atoms with E-state index < -0.39 is 6.10 Å². The molecule has 0 spiro atoms. The van der Waals surface area contributed by atoms with Crippen LogP contribution in [0.1, 0.15) is 265 Å². The van der Waals surface area contributed by atoms with Crippen molar-refractivity contribution in [1.82, 2.24) is 0 Å². The monoisotopic (exact) mass is 907 g/mol. The van der Waals surface area contributed by atoms with E-state index in [1.54, 1.807) is 0 Å². The molecule has 0 aromatic heterocycles. The Morgan fingerprint density at radius 2 is 0.600 bits per heavy atom. The maximum atomic E-state index is 12.8. The van der Waals surface area contributed by atoms with Gasteiger partial charge >= 0.3 is 17.9 Å². The van der Waals surface area contributed by atoms with Crippen LogP contribution in [-0.4, -0.2) is 37.2 Å². The highest BCUT2D eigenvalue weighted by Crippen LogP contribution is 2.16. The van der Waals surface area contributed by atoms with Crippen LogP contribution >= 0.6 is 0 Å². The van der Waals surface area contributed by atoms with Crippen LogP contribution in [-0.2, 0) is 28.6 Å². The molecule has 0 aliphatic carbocycles. The Bertz CT molecular complexity index is 1230. The van der Waals surface area contributed by atoms with Crippen LogP contribution in [0.5, 0.6) is 0 Å². The lowest BCUT2D eigenvalue weighted by atomic mass is 10.0. The molecule has 0 bridgehead atoms. The number of hydrogen-bond donors (Lipinski definition) is 0. The fourth-order valence-corrected chi connectivity index (χ4v) is 7.77. The van der Waals surface area contributed by atoms with E-state index in [-0.39, 0.29) is 37.5 Å². The normalized spacial score (nSPS) is 12.6. The van der Waals surface area contributed by atoms with Gasteiger partial charge < -0.3 is 14.2 Å². The summed E-state index contributed by atoms with van der Waals surface area (Å²) >= 11 is 0. The molecule has 0 fully saturated rings. The molecule has 0 rings (SSSR count). The number of hydrogen-bond acceptors (Lipinski definition) is 6. The summed E-state index contributed by atoms with van der Waals surface area (Å²) in [5.41, 5.74) is 0. The lowest BCUT2D eigenvalue weighted by molar-refractivity contribution is -0.167. The minimum absolute atomic E-state index is 0.0903. The maximum Gasteiger partial charge on any atom is 0.306 e. The number of carbonyl (C=O) groups is 3. The van der Waals surface area contributed by atoms with Gasteiger partial charge in [0.25, 0.3) is 0 Å². The van der Waals surface area contributed by atoms with Gasteiger partial charge in [0.15, 0.2) is 6.10 Å². The van der Waals surface area contributed by atoms with Crippen LogP contribution in [0.15, 0.2) is 72.9 Å². The Hall–Kier alpha value is -3.15. The summed E-state index contributed by atoms with van der Waals surface area (Å²) in [6.07, 6.45) is 67.4. The molecule has 0 heterocycles. The van der Waals surface area contributed by atoms with Crippen LogP contribution in [0.2, 0.25) is 0 Å². The van der Waals surface area contributed by atoms with E-state index in [1.807, 2.05) is 60.8 Å². The SMILES string of the molecule is CC\C=C/C=C\C=C/C=C\C=C\C=C/CCCCCC(=O)OC(COC(=O)CCCCCCCCCCCCCC)COC(=O)CCCCCCCCCCCCCCCCCCCC. The molecule has 0 saturated carbocycles. The zero-order valence-electron chi connectivity index (χ0n) is 42.7. The highest BCUT2D eigenvalue weighted by Gasteiger charge is 2.19. The smallest absolute Gasteiger partial charge is 0.306 e. The first-order valence-corrected chi connectivity index (χ1v) is 27.5. The lowest BCUT2D eigenvalue weighted by Gasteiger charge is -2.18. The van der Waals surface area contributed by atoms with Gasteiger partial charge in [-0.05, 0) is 38.5 Å². The predicted molar refractivity (Wildman–Crippen MR) is 279 cm³/mol. The Kier molecular flexibility index (Phi) is 50.9. The van der Waals surface area contributed by atoms with E-state index in [0.29, 0.717) is 19.3 Å². The highest BCUT2D eigenvalue weighted by molar-refractivity contribution is 5.71. The van der Waals surface area contributed by atoms with Crippen molar-refractivity contribution in [2.45, 2.75) is 271 Å². The first-order valence-electron chi connectivity index (χ1n) is 27.5. The molecule has 65 heavy (non-hydrogen) atoms. The zero-order chi connectivity index (χ0) is 47.2. The van der Waals surface area contributed by atoms with Crippen molar-refractivity contribution in [3.63, 3.8) is 0 Å². The molecule has 0 N–H and O–H groups in total. The van der Waals surface area contributed by atoms with Gasteiger partial charge in [-0.2, -0.15) is 0 Å². The molecule has 1 atom stereocenters. The second-order valence-corrected chi connectivity index (χ2v) is 18.3. The Morgan fingerprint density at radius 3 is 0.938 bits per heavy atom. The van der Waals surface area contributed by atoms with Crippen LogP contribution < -0.4 is 0 Å². The molecule has 0 saturated heterocycles. The van der Waals surface area contributed by atoms with Crippen LogP contribution in [0.4, 0.5) is 0 Å². The first-order chi connectivity index (χ1) is 32.0. The van der Waals surface area contributed by atoms with Gasteiger partial charge in [0.2, 0.25) is 0 Å². The number of esters is 3. The molecular weight excluding hydrogens is 805 g/mol. The van der Waals surface area contributed by atoms with E-state index >= 15 is 0 Å². The quantitative estimate of drug-likeness (QED) is 0.0262. The number of rotatable bonds is 49. The molecule has 0 aromatic carbocycles. The summed E-state index contributed by atoms with van der Waals surface area (Å²) in [7, 11) is 0. The molecule has 0 aromatic rings. The van der Waals surface area contributed by atoms with E-state index in [1.165, 1.54) is 154 Å². The Balaban J connectivity index is 4.42. The molecule has 0 aliphatic rings. The van der Waals surface area contributed by atoms with Crippen molar-refractivity contribution in [2.24, 2.45) is 0 Å². The van der Waals surface area contributed by atoms with Crippen LogP contribution in [0.25, 0.3) is 0 Å². The second-order valence-electron chi connectivity index (χ2n) is 18.3. The molecule has 0 amide bonds. The molecule has 1 unspecified atom stereocenters. The summed E-state index contributed by atoms with van der Waals surface area (Å²) in [5.74, 6) is -0.925. The summed E-state index contributed by atoms with van der Waals surface area (Å²) in [4.78, 5) is 38.0. The topological polar surface area (TPSA) is 78.9 Å². The summed E-state index contributed by atoms with van der Waals surface area (Å²) < 4.78 is 16.8. The van der Waals surface area contributed by atoms with Crippen LogP contribution in [0.3, 0.4) is 0 Å². The Morgan fingerprint density at radius 1 is 0.323 bits per heavy atom. The molecule has 0 aliphatic heterocycles. The summed E-state index contributed by atoms with van der Waals surface area (Å²) in [6.45, 7) is 6.48. The van der Waals surface area contributed by atoms with Crippen molar-refractivity contribution in [3.05, 3.63) is 72.9 Å². The van der Waals surface area contributed by atoms with Crippen molar-refractivity contribution in [2.75, 3.05) is 13.2 Å². The van der Waals surface area contributed by atoms with E-state index in [4.69, 9.17) is 14.2 Å². The van der Waals surface area contributed by atoms with Gasteiger partial charge in [-0.3, -0.25) is 14.4 Å². The number of unbranched alkanes of at least 4 members (excludes halogenated alkanes) is 31. The van der Waals surface area contributed by atoms with Crippen molar-refractivity contribution in [1.29, 1.82) is 0 Å². The van der Waals surface area contributed by atoms with Crippen molar-refractivity contribution >= 4 is 17.9 Å². The molecule has 6 heteroatoms. The van der Waals surface area contributed by atoms with E-state index in [9.17, 15) is 14.4 Å². The Labute approximate surface area is 402 Å². The second kappa shape index (κ2) is 53.5. The summed E-state index contributed by atoms with van der Waals surface area (Å²) in [5, 5.41) is 0. The van der Waals surface area contributed by atoms with Gasteiger partial charge in [-0.1, -0.05) is 280 Å². The third kappa shape index (κ3) is 51.7. The maximum absolute atomic E-state index is 12.8. The van der Waals surface area contributed by atoms with Crippen LogP contribution in [0, 0.1) is 0 Å². The minimum atomic E-state index is -0.795. The number of allylic oxidation sites excluding steroid dienone is 12. The third-order valence-electron chi connectivity index (χ3n) is 11.9. The molecule has 374 valence electrons. The zero-order valence-corrected chi connectivity index (χ0v) is 42.7. The number of ether oxygens (including phenoxy) is 3. The standard InChI is InChI=1S/C59H102O6/c1-4-7-10-13-16-19-22-25-27-29-31-32-34-37-40-43-46-49-52-58(61)64-55-56(54-63-57(60)51-48-45-42-39-36-24-21-18-15-12-9-6-3)65-59(62)53-50-47-44-41-38-35-33-30-28-26-23-20-17-14-11-8-5-2/h8,11,14,17,20,23,26,28,30,33,35,38,56H,4-7,9-10,12-13,15-16,18-19,21-22,24-25,27,29,31-32,34,36-37,39-55H2,1-3H3/b11-8-,17-14-,23-20-,28-26-,33-30+,38-35-. The van der Waals surface area contributed by atoms with Crippen molar-refractivity contribution in [3.8, 4) is 0 Å². The lowest BCUT2D eigenvalue weighted by Crippen LogP contribution is -2.30. The third-order valence-corrected chi connectivity index (χ3v) is 11.9. The average molecular weight is 907 g/mol. The fourth-order valence-electron chi connectivity index (χ4n) is 7.77. The van der Waals surface area contributed by atoms with Gasteiger partial charge in [-0.25, -0.2) is 0 Å². The highest BCUT2D eigenvalue weighted by atomic mass is 16.6. The largest absolute Gasteiger partial charge is 0.462 e. The van der Waals surface area contributed by atoms with Gasteiger partial charge in [-0.15, -0.1) is 0 Å². The van der Waals surface area contributed by atoms with E-state index in [0.717, 1.165) is 64.2 Å². The molecular formula is C59H102O6. The van der Waals surface area contributed by atoms with Gasteiger partial charge in [0.05, 0.1) is 0 Å². The predicted octanol–water partition coefficient (Wildman–Crippen LogP) is 18.2. The van der Waals surface area contributed by atoms with E-state index in [2.05, 4.69) is 32.9 Å². The fraction of sp³-hybridized carbons (Fsp3) is 0.746. The number of carbonyl (C=O) groups excluding carboxylic acids is 3. The minimum Gasteiger partial charge on any atom is -0.462 e. The average Bonchev–Trinajstić information content (AvgIpc) is 3.30. The van der Waals surface area contributed by atoms with Gasteiger partial charge in [0.1, 0.15) is 13.2 Å². The van der Waals surface area contributed by atoms with Crippen molar-refractivity contribution < 1.29 is 28.6 Å². The first kappa shape index (κ1) is 61.9. The molecule has 6 nitrogen and oxygen atoms in total. The summed E-state index contributed by atoms with van der Waals surface area (Å²) in [6, 6.07) is 0. The van der Waals surface area contributed by atoms with Gasteiger partial charge in [0, 0.05) is 19.3 Å².